The fourth-order valence-electron chi connectivity index (χ4n) is 3.12. The molecule has 0 bridgehead atoms. The van der Waals surface area contributed by atoms with E-state index in [1.807, 2.05) is 17.0 Å². The minimum Gasteiger partial charge on any atom is -0.354 e. The van der Waals surface area contributed by atoms with Crippen LogP contribution in [-0.4, -0.2) is 28.9 Å². The van der Waals surface area contributed by atoms with E-state index in [9.17, 15) is 4.79 Å². The number of rotatable bonds is 3. The van der Waals surface area contributed by atoms with Gasteiger partial charge in [-0.25, -0.2) is 4.98 Å². The smallest absolute Gasteiger partial charge is 0.272 e. The molecule has 0 saturated carbocycles. The second-order valence-corrected chi connectivity index (χ2v) is 6.85. The number of nitrogens with one attached hydrogen (secondary N) is 1. The van der Waals surface area contributed by atoms with Crippen molar-refractivity contribution >= 4 is 17.3 Å². The van der Waals surface area contributed by atoms with Crippen LogP contribution >= 0.6 is 0 Å². The van der Waals surface area contributed by atoms with Gasteiger partial charge in [0.15, 0.2) is 0 Å². The second kappa shape index (κ2) is 7.04. The number of amides is 1. The molecule has 1 aliphatic rings. The van der Waals surface area contributed by atoms with Crippen LogP contribution in [0.3, 0.4) is 0 Å². The average molecular weight is 323 g/mol. The van der Waals surface area contributed by atoms with E-state index in [0.29, 0.717) is 11.6 Å². The Hall–Kier alpha value is -2.36. The number of aryl methyl sites for hydroxylation is 2. The van der Waals surface area contributed by atoms with Gasteiger partial charge in [0.2, 0.25) is 0 Å². The predicted molar refractivity (Wildman–Crippen MR) is 97.7 cm³/mol. The summed E-state index contributed by atoms with van der Waals surface area (Å²) in [6.07, 6.45) is 4.02. The molecule has 1 atom stereocenters. The van der Waals surface area contributed by atoms with E-state index < -0.39 is 0 Å². The van der Waals surface area contributed by atoms with Gasteiger partial charge in [-0.2, -0.15) is 0 Å². The van der Waals surface area contributed by atoms with Gasteiger partial charge in [0.1, 0.15) is 5.69 Å². The van der Waals surface area contributed by atoms with E-state index in [1.54, 1.807) is 6.20 Å². The zero-order chi connectivity index (χ0) is 17.1. The summed E-state index contributed by atoms with van der Waals surface area (Å²) in [6, 6.07) is 9.99. The maximum atomic E-state index is 12.5. The average Bonchev–Trinajstić information content (AvgIpc) is 2.58. The number of anilines is 2. The lowest BCUT2D eigenvalue weighted by molar-refractivity contribution is 0.0677. The summed E-state index contributed by atoms with van der Waals surface area (Å²) in [4.78, 5) is 18.8. The molecule has 126 valence electrons. The minimum atomic E-state index is 0.0410. The van der Waals surface area contributed by atoms with Gasteiger partial charge in [-0.15, -0.1) is 0 Å². The summed E-state index contributed by atoms with van der Waals surface area (Å²) in [5.41, 5.74) is 4.97. The van der Waals surface area contributed by atoms with Crippen LogP contribution in [0.5, 0.6) is 0 Å². The highest BCUT2D eigenvalue weighted by Crippen LogP contribution is 2.21. The van der Waals surface area contributed by atoms with Gasteiger partial charge < -0.3 is 10.2 Å². The van der Waals surface area contributed by atoms with Gasteiger partial charge in [-0.05, 0) is 68.0 Å². The Morgan fingerprint density at radius 2 is 1.96 bits per heavy atom. The van der Waals surface area contributed by atoms with E-state index in [2.05, 4.69) is 49.3 Å². The monoisotopic (exact) mass is 323 g/mol. The molecule has 1 unspecified atom stereocenters. The zero-order valence-corrected chi connectivity index (χ0v) is 14.7. The Bertz CT molecular complexity index is 724. The molecule has 0 spiro atoms. The van der Waals surface area contributed by atoms with Crippen molar-refractivity contribution in [3.05, 3.63) is 53.3 Å². The largest absolute Gasteiger partial charge is 0.354 e. The number of nitrogens with zero attached hydrogens (tertiary/aromatic N) is 2. The van der Waals surface area contributed by atoms with E-state index in [0.717, 1.165) is 30.9 Å². The Morgan fingerprint density at radius 3 is 2.62 bits per heavy atom. The van der Waals surface area contributed by atoms with E-state index >= 15 is 0 Å². The summed E-state index contributed by atoms with van der Waals surface area (Å²) >= 11 is 0. The zero-order valence-electron chi connectivity index (χ0n) is 14.7. The highest BCUT2D eigenvalue weighted by molar-refractivity contribution is 5.92. The summed E-state index contributed by atoms with van der Waals surface area (Å²) in [5, 5.41) is 3.34. The van der Waals surface area contributed by atoms with Crippen molar-refractivity contribution in [1.82, 2.24) is 9.88 Å². The number of aromatic nitrogens is 1. The van der Waals surface area contributed by atoms with Gasteiger partial charge in [-0.3, -0.25) is 4.79 Å². The first-order valence-corrected chi connectivity index (χ1v) is 8.62. The van der Waals surface area contributed by atoms with Crippen LogP contribution in [0.4, 0.5) is 11.4 Å². The van der Waals surface area contributed by atoms with Crippen molar-refractivity contribution in [1.29, 1.82) is 0 Å². The van der Waals surface area contributed by atoms with Crippen molar-refractivity contribution in [2.24, 2.45) is 5.92 Å². The number of hydrogen-bond acceptors (Lipinski definition) is 3. The summed E-state index contributed by atoms with van der Waals surface area (Å²) in [5.74, 6) is 0.618. The highest BCUT2D eigenvalue weighted by Gasteiger charge is 2.22. The fourth-order valence-corrected chi connectivity index (χ4v) is 3.12. The number of pyridine rings is 1. The first-order valence-electron chi connectivity index (χ1n) is 8.62. The third kappa shape index (κ3) is 3.75. The van der Waals surface area contributed by atoms with Gasteiger partial charge >= 0.3 is 0 Å². The molecule has 24 heavy (non-hydrogen) atoms. The predicted octanol–water partition coefficient (Wildman–Crippen LogP) is 4.31. The van der Waals surface area contributed by atoms with Crippen LogP contribution in [0.25, 0.3) is 0 Å². The van der Waals surface area contributed by atoms with Crippen molar-refractivity contribution in [2.75, 3.05) is 18.4 Å². The third-order valence-corrected chi connectivity index (χ3v) is 4.72. The van der Waals surface area contributed by atoms with Gasteiger partial charge in [-0.1, -0.05) is 13.0 Å². The normalized spacial score (nSPS) is 17.6. The molecule has 1 amide bonds. The van der Waals surface area contributed by atoms with E-state index in [-0.39, 0.29) is 5.91 Å². The van der Waals surface area contributed by atoms with Crippen LogP contribution in [0.2, 0.25) is 0 Å². The molecular weight excluding hydrogens is 298 g/mol. The van der Waals surface area contributed by atoms with Crippen molar-refractivity contribution in [3.8, 4) is 0 Å². The topological polar surface area (TPSA) is 45.2 Å². The third-order valence-electron chi connectivity index (χ3n) is 4.72. The Morgan fingerprint density at radius 1 is 1.17 bits per heavy atom. The minimum absolute atomic E-state index is 0.0410. The Labute approximate surface area is 143 Å². The Kier molecular flexibility index (Phi) is 4.84. The van der Waals surface area contributed by atoms with Crippen molar-refractivity contribution < 1.29 is 4.79 Å². The molecule has 1 aliphatic heterocycles. The Balaban J connectivity index is 1.68. The van der Waals surface area contributed by atoms with E-state index in [4.69, 9.17) is 0 Å². The number of carbonyl (C=O) groups excluding carboxylic acids is 1. The lowest BCUT2D eigenvalue weighted by atomic mass is 10.00. The molecule has 0 aliphatic carbocycles. The molecule has 1 aromatic heterocycles. The van der Waals surface area contributed by atoms with Gasteiger partial charge in [0, 0.05) is 18.8 Å². The number of likely N-dealkylation sites (tertiary alicyclic amines) is 1. The number of piperidine rings is 1. The summed E-state index contributed by atoms with van der Waals surface area (Å²) in [7, 11) is 0. The second-order valence-electron chi connectivity index (χ2n) is 6.85. The molecule has 3 rings (SSSR count). The first kappa shape index (κ1) is 16.5. The standard InChI is InChI=1S/C20H25N3O/c1-14-5-4-10-23(13-14)20(24)19-9-8-18(12-21-19)22-17-7-6-15(2)16(3)11-17/h6-9,11-12,14,22H,4-5,10,13H2,1-3H3. The highest BCUT2D eigenvalue weighted by atomic mass is 16.2. The molecule has 2 aromatic rings. The molecular formula is C20H25N3O. The molecule has 0 radical (unpaired) electrons. The lowest BCUT2D eigenvalue weighted by Gasteiger charge is -2.30. The molecule has 2 heterocycles. The number of benzene rings is 1. The van der Waals surface area contributed by atoms with Crippen LogP contribution in [0.1, 0.15) is 41.4 Å². The summed E-state index contributed by atoms with van der Waals surface area (Å²) < 4.78 is 0. The first-order chi connectivity index (χ1) is 11.5. The SMILES string of the molecule is Cc1ccc(Nc2ccc(C(=O)N3CCCC(C)C3)nc2)cc1C. The van der Waals surface area contributed by atoms with Gasteiger partial charge in [0.05, 0.1) is 11.9 Å². The lowest BCUT2D eigenvalue weighted by Crippen LogP contribution is -2.39. The molecule has 1 aromatic carbocycles. The quantitative estimate of drug-likeness (QED) is 0.915. The molecule has 1 saturated heterocycles. The van der Waals surface area contributed by atoms with Gasteiger partial charge in [0.25, 0.3) is 5.91 Å². The maximum absolute atomic E-state index is 12.5. The molecule has 1 N–H and O–H groups in total. The fraction of sp³-hybridized carbons (Fsp3) is 0.400. The van der Waals surface area contributed by atoms with Crippen LogP contribution in [0, 0.1) is 19.8 Å². The van der Waals surface area contributed by atoms with Crippen molar-refractivity contribution in [2.45, 2.75) is 33.6 Å². The molecule has 4 heteroatoms. The van der Waals surface area contributed by atoms with E-state index in [1.165, 1.54) is 17.5 Å². The maximum Gasteiger partial charge on any atom is 0.272 e. The number of carbonyl (C=O) groups is 1. The van der Waals surface area contributed by atoms with Crippen LogP contribution in [-0.2, 0) is 0 Å². The molecule has 4 nitrogen and oxygen atoms in total. The number of hydrogen-bond donors (Lipinski definition) is 1. The van der Waals surface area contributed by atoms with Crippen molar-refractivity contribution in [3.63, 3.8) is 0 Å². The molecule has 1 fully saturated rings. The van der Waals surface area contributed by atoms with Crippen LogP contribution in [0.15, 0.2) is 36.5 Å². The summed E-state index contributed by atoms with van der Waals surface area (Å²) in [6.45, 7) is 8.07. The van der Waals surface area contributed by atoms with Crippen LogP contribution < -0.4 is 5.32 Å².